The molecule has 3 aromatic rings. The summed E-state index contributed by atoms with van der Waals surface area (Å²) in [7, 11) is 0. The van der Waals surface area contributed by atoms with E-state index < -0.39 is 0 Å². The Labute approximate surface area is 146 Å². The summed E-state index contributed by atoms with van der Waals surface area (Å²) in [6.45, 7) is 3.61. The van der Waals surface area contributed by atoms with Crippen LogP contribution in [0, 0.1) is 0 Å². The van der Waals surface area contributed by atoms with Crippen molar-refractivity contribution in [1.82, 2.24) is 24.9 Å². The van der Waals surface area contributed by atoms with Crippen LogP contribution in [0.1, 0.15) is 12.6 Å². The maximum atomic E-state index is 5.93. The van der Waals surface area contributed by atoms with E-state index in [2.05, 4.69) is 52.7 Å². The Bertz CT molecular complexity index is 876. The fourth-order valence-electron chi connectivity index (χ4n) is 2.72. The van der Waals surface area contributed by atoms with Crippen LogP contribution in [0.3, 0.4) is 0 Å². The molecule has 0 atom stereocenters. The van der Waals surface area contributed by atoms with Crippen LogP contribution < -0.4 is 15.4 Å². The molecule has 4 heterocycles. The molecule has 1 aliphatic heterocycles. The van der Waals surface area contributed by atoms with Crippen molar-refractivity contribution in [3.63, 3.8) is 0 Å². The summed E-state index contributed by atoms with van der Waals surface area (Å²) in [6.07, 6.45) is 5.45. The quantitative estimate of drug-likeness (QED) is 0.702. The third-order valence-corrected chi connectivity index (χ3v) is 4.81. The number of nitrogens with two attached hydrogens (primary N) is 1. The van der Waals surface area contributed by atoms with E-state index in [9.17, 15) is 0 Å². The van der Waals surface area contributed by atoms with Gasteiger partial charge in [-0.15, -0.1) is 0 Å². The van der Waals surface area contributed by atoms with Crippen molar-refractivity contribution >= 4 is 32.8 Å². The minimum atomic E-state index is 0.172. The van der Waals surface area contributed by atoms with E-state index in [-0.39, 0.29) is 12.1 Å². The third-order valence-electron chi connectivity index (χ3n) is 3.93. The van der Waals surface area contributed by atoms with E-state index in [1.165, 1.54) is 6.33 Å². The lowest BCUT2D eigenvalue weighted by Crippen LogP contribution is -2.56. The van der Waals surface area contributed by atoms with E-state index in [1.807, 2.05) is 0 Å². The predicted octanol–water partition coefficient (Wildman–Crippen LogP) is 2.01. The number of nitrogens with one attached hydrogen (secondary N) is 1. The highest BCUT2D eigenvalue weighted by Gasteiger charge is 2.29. The van der Waals surface area contributed by atoms with E-state index >= 15 is 0 Å². The Morgan fingerprint density at radius 3 is 2.75 bits per heavy atom. The number of aryl methyl sites for hydroxylation is 1. The number of nitrogens with zero attached hydrogens (tertiary/aromatic N) is 5. The normalized spacial score (nSPS) is 14.9. The van der Waals surface area contributed by atoms with E-state index in [1.54, 1.807) is 12.4 Å². The zero-order valence-electron chi connectivity index (χ0n) is 13.0. The van der Waals surface area contributed by atoms with Crippen LogP contribution in [0.4, 0.5) is 5.82 Å². The van der Waals surface area contributed by atoms with Crippen LogP contribution in [0.5, 0.6) is 11.8 Å². The van der Waals surface area contributed by atoms with Crippen LogP contribution in [0.15, 0.2) is 23.2 Å². The first-order valence-electron chi connectivity index (χ1n) is 7.67. The largest absolute Gasteiger partial charge is 0.421 e. The molecule has 0 aliphatic carbocycles. The highest BCUT2D eigenvalue weighted by atomic mass is 79.9. The lowest BCUT2D eigenvalue weighted by atomic mass is 10.1. The summed E-state index contributed by atoms with van der Waals surface area (Å²) >= 11 is 3.66. The van der Waals surface area contributed by atoms with Crippen molar-refractivity contribution in [3.05, 3.63) is 28.9 Å². The second kappa shape index (κ2) is 5.99. The monoisotopic (exact) mass is 389 g/mol. The smallest absolute Gasteiger partial charge is 0.326 e. The van der Waals surface area contributed by atoms with Crippen LogP contribution >= 0.6 is 15.9 Å². The zero-order valence-corrected chi connectivity index (χ0v) is 14.6. The van der Waals surface area contributed by atoms with Gasteiger partial charge >= 0.3 is 6.01 Å². The van der Waals surface area contributed by atoms with Gasteiger partial charge in [0.1, 0.15) is 17.8 Å². The molecule has 0 aromatic carbocycles. The minimum absolute atomic E-state index is 0.172. The number of hydrogen-bond acceptors (Lipinski definition) is 7. The molecule has 1 aliphatic rings. The van der Waals surface area contributed by atoms with Crippen molar-refractivity contribution < 1.29 is 4.74 Å². The fourth-order valence-corrected chi connectivity index (χ4v) is 3.46. The Morgan fingerprint density at radius 1 is 1.33 bits per heavy atom. The summed E-state index contributed by atoms with van der Waals surface area (Å²) < 4.78 is 6.71. The molecule has 4 rings (SSSR count). The Morgan fingerprint density at radius 2 is 2.08 bits per heavy atom. The van der Waals surface area contributed by atoms with Gasteiger partial charge in [0.05, 0.1) is 22.3 Å². The molecule has 0 spiro atoms. The van der Waals surface area contributed by atoms with Gasteiger partial charge in [0.2, 0.25) is 0 Å². The van der Waals surface area contributed by atoms with Crippen molar-refractivity contribution in [2.24, 2.45) is 5.73 Å². The molecular weight excluding hydrogens is 374 g/mol. The summed E-state index contributed by atoms with van der Waals surface area (Å²) in [5.41, 5.74) is 7.74. The van der Waals surface area contributed by atoms with Gasteiger partial charge in [-0.2, -0.15) is 9.97 Å². The van der Waals surface area contributed by atoms with E-state index in [4.69, 9.17) is 10.5 Å². The number of anilines is 1. The third kappa shape index (κ3) is 2.59. The number of aromatic nitrogens is 5. The minimum Gasteiger partial charge on any atom is -0.421 e. The Balaban J connectivity index is 1.81. The van der Waals surface area contributed by atoms with Crippen molar-refractivity contribution in [1.29, 1.82) is 0 Å². The molecule has 24 heavy (non-hydrogen) atoms. The van der Waals surface area contributed by atoms with Crippen LogP contribution in [-0.4, -0.2) is 44.1 Å². The molecule has 3 N–H and O–H groups in total. The van der Waals surface area contributed by atoms with Gasteiger partial charge in [0, 0.05) is 24.8 Å². The average Bonchev–Trinajstić information content (AvgIpc) is 2.88. The lowest BCUT2D eigenvalue weighted by Gasteiger charge is -2.38. The maximum Gasteiger partial charge on any atom is 0.326 e. The number of aromatic amines is 1. The molecule has 8 nitrogen and oxygen atoms in total. The molecule has 9 heteroatoms. The topological polar surface area (TPSA) is 106 Å². The molecule has 1 saturated heterocycles. The van der Waals surface area contributed by atoms with Crippen molar-refractivity contribution in [3.8, 4) is 11.8 Å². The standard InChI is InChI=1S/C15H16BrN7O/c1-2-10-12(16)11-13(20-10)21-15(24-9-3-18-7-19-4-9)22-14(11)23-5-8(17)6-23/h3-4,7-8H,2,5-6,17H2,1H3,(H,20,21,22). The van der Waals surface area contributed by atoms with Gasteiger partial charge in [0.15, 0.2) is 5.75 Å². The van der Waals surface area contributed by atoms with Crippen molar-refractivity contribution in [2.75, 3.05) is 18.0 Å². The average molecular weight is 390 g/mol. The van der Waals surface area contributed by atoms with E-state index in [0.717, 1.165) is 46.5 Å². The molecule has 0 unspecified atom stereocenters. The zero-order chi connectivity index (χ0) is 16.7. The first-order valence-corrected chi connectivity index (χ1v) is 8.46. The van der Waals surface area contributed by atoms with E-state index in [0.29, 0.717) is 5.75 Å². The van der Waals surface area contributed by atoms with Gasteiger partial charge in [0.25, 0.3) is 0 Å². The summed E-state index contributed by atoms with van der Waals surface area (Å²) in [4.78, 5) is 22.4. The number of halogens is 1. The molecule has 0 radical (unpaired) electrons. The molecule has 0 saturated carbocycles. The maximum absolute atomic E-state index is 5.93. The summed E-state index contributed by atoms with van der Waals surface area (Å²) in [6, 6.07) is 0.425. The Kier molecular flexibility index (Phi) is 3.81. The number of H-pyrrole nitrogens is 1. The molecule has 0 bridgehead atoms. The van der Waals surface area contributed by atoms with Crippen LogP contribution in [-0.2, 0) is 6.42 Å². The van der Waals surface area contributed by atoms with Gasteiger partial charge in [-0.05, 0) is 22.4 Å². The lowest BCUT2D eigenvalue weighted by molar-refractivity contribution is 0.436. The number of rotatable bonds is 4. The second-order valence-electron chi connectivity index (χ2n) is 5.67. The molecule has 1 fully saturated rings. The number of hydrogen-bond donors (Lipinski definition) is 2. The molecular formula is C15H16BrN7O. The fraction of sp³-hybridized carbons (Fsp3) is 0.333. The molecule has 124 valence electrons. The van der Waals surface area contributed by atoms with Gasteiger partial charge < -0.3 is 20.4 Å². The van der Waals surface area contributed by atoms with Crippen LogP contribution in [0.2, 0.25) is 0 Å². The van der Waals surface area contributed by atoms with Crippen molar-refractivity contribution in [2.45, 2.75) is 19.4 Å². The van der Waals surface area contributed by atoms with Gasteiger partial charge in [-0.25, -0.2) is 9.97 Å². The highest BCUT2D eigenvalue weighted by molar-refractivity contribution is 9.10. The predicted molar refractivity (Wildman–Crippen MR) is 93.3 cm³/mol. The first kappa shape index (κ1) is 15.3. The van der Waals surface area contributed by atoms with Gasteiger partial charge in [-0.3, -0.25) is 0 Å². The molecule has 0 amide bonds. The number of ether oxygens (including phenoxy) is 1. The number of fused-ring (bicyclic) bond motifs is 1. The SMILES string of the molecule is CCc1[nH]c2nc(Oc3cncnc3)nc(N3CC(N)C3)c2c1Br. The molecule has 3 aromatic heterocycles. The summed E-state index contributed by atoms with van der Waals surface area (Å²) in [5, 5.41) is 0.954. The first-order chi connectivity index (χ1) is 11.7. The second-order valence-corrected chi connectivity index (χ2v) is 6.46. The van der Waals surface area contributed by atoms with Crippen LogP contribution in [0.25, 0.3) is 11.0 Å². The van der Waals surface area contributed by atoms with Gasteiger partial charge in [-0.1, -0.05) is 6.92 Å². The Hall–Kier alpha value is -2.26. The highest BCUT2D eigenvalue weighted by Crippen LogP contribution is 2.37. The summed E-state index contributed by atoms with van der Waals surface area (Å²) in [5.74, 6) is 1.31.